The van der Waals surface area contributed by atoms with Gasteiger partial charge in [-0.05, 0) is 58.6 Å². The van der Waals surface area contributed by atoms with E-state index in [1.807, 2.05) is 29.6 Å². The molecule has 2 amide bonds. The predicted molar refractivity (Wildman–Crippen MR) is 140 cm³/mol. The Kier molecular flexibility index (Phi) is 6.63. The summed E-state index contributed by atoms with van der Waals surface area (Å²) in [6.07, 6.45) is -0.289. The Morgan fingerprint density at radius 1 is 1.00 bits per heavy atom. The number of ether oxygens (including phenoxy) is 1. The van der Waals surface area contributed by atoms with E-state index in [-0.39, 0.29) is 29.3 Å². The molecule has 8 nitrogen and oxygen atoms in total. The standard InChI is InChI=1S/C27H22N2O6S2/c1-18(30)35-22-11-9-21(10-12-22)29-26(31)16-25(27(29)32)28(17-23-7-4-14-36-23)37(33,34)24-13-8-19-5-2-3-6-20(19)15-24/h2-15,25H,16-17H2,1H3. The highest BCUT2D eigenvalue weighted by Gasteiger charge is 2.47. The molecule has 37 heavy (non-hydrogen) atoms. The topological polar surface area (TPSA) is 101 Å². The van der Waals surface area contributed by atoms with E-state index in [2.05, 4.69) is 0 Å². The van der Waals surface area contributed by atoms with E-state index in [0.717, 1.165) is 24.9 Å². The van der Waals surface area contributed by atoms with E-state index >= 15 is 0 Å². The van der Waals surface area contributed by atoms with E-state index in [1.54, 1.807) is 24.3 Å². The Balaban J connectivity index is 1.51. The lowest BCUT2D eigenvalue weighted by molar-refractivity contribution is -0.132. The number of fused-ring (bicyclic) bond motifs is 1. The van der Waals surface area contributed by atoms with Crippen LogP contribution in [0.4, 0.5) is 5.69 Å². The van der Waals surface area contributed by atoms with Gasteiger partial charge < -0.3 is 4.74 Å². The summed E-state index contributed by atoms with van der Waals surface area (Å²) >= 11 is 1.37. The van der Waals surface area contributed by atoms with Gasteiger partial charge in [0.2, 0.25) is 15.9 Å². The average molecular weight is 535 g/mol. The van der Waals surface area contributed by atoms with Gasteiger partial charge >= 0.3 is 5.97 Å². The highest BCUT2D eigenvalue weighted by Crippen LogP contribution is 2.33. The minimum Gasteiger partial charge on any atom is -0.427 e. The van der Waals surface area contributed by atoms with Crippen molar-refractivity contribution in [3.05, 3.63) is 89.1 Å². The number of carbonyl (C=O) groups is 3. The molecule has 1 atom stereocenters. The van der Waals surface area contributed by atoms with E-state index in [4.69, 9.17) is 4.74 Å². The first-order valence-electron chi connectivity index (χ1n) is 11.4. The number of anilines is 1. The second-order valence-corrected chi connectivity index (χ2v) is 11.4. The maximum atomic E-state index is 13.9. The van der Waals surface area contributed by atoms with E-state index < -0.39 is 33.8 Å². The molecule has 5 rings (SSSR count). The zero-order chi connectivity index (χ0) is 26.2. The summed E-state index contributed by atoms with van der Waals surface area (Å²) in [6.45, 7) is 1.22. The van der Waals surface area contributed by atoms with Crippen LogP contribution < -0.4 is 9.64 Å². The zero-order valence-corrected chi connectivity index (χ0v) is 21.4. The Morgan fingerprint density at radius 2 is 1.73 bits per heavy atom. The fourth-order valence-corrected chi connectivity index (χ4v) is 6.70. The van der Waals surface area contributed by atoms with Crippen LogP contribution in [-0.2, 0) is 31.0 Å². The molecule has 1 saturated heterocycles. The summed E-state index contributed by atoms with van der Waals surface area (Å²) in [5, 5.41) is 3.47. The minimum absolute atomic E-state index is 0.0459. The number of rotatable bonds is 7. The van der Waals surface area contributed by atoms with E-state index in [1.165, 1.54) is 48.6 Å². The van der Waals surface area contributed by atoms with Crippen LogP contribution in [0.5, 0.6) is 5.75 Å². The number of esters is 1. The summed E-state index contributed by atoms with van der Waals surface area (Å²) in [6, 6.07) is 20.5. The van der Waals surface area contributed by atoms with Crippen LogP contribution in [0, 0.1) is 0 Å². The van der Waals surface area contributed by atoms with Crippen molar-refractivity contribution in [2.45, 2.75) is 30.8 Å². The van der Waals surface area contributed by atoms with Crippen LogP contribution in [-0.4, -0.2) is 36.5 Å². The lowest BCUT2D eigenvalue weighted by Crippen LogP contribution is -2.44. The van der Waals surface area contributed by atoms with Gasteiger partial charge in [-0.25, -0.2) is 13.3 Å². The quantitative estimate of drug-likeness (QED) is 0.199. The molecule has 1 aliphatic rings. The van der Waals surface area contributed by atoms with Crippen molar-refractivity contribution >= 4 is 55.6 Å². The Bertz CT molecular complexity index is 1600. The average Bonchev–Trinajstić information content (AvgIpc) is 3.49. The van der Waals surface area contributed by atoms with E-state index in [9.17, 15) is 22.8 Å². The normalized spacial score (nSPS) is 16.1. The van der Waals surface area contributed by atoms with Gasteiger partial charge in [0.25, 0.3) is 5.91 Å². The third kappa shape index (κ3) is 4.91. The number of nitrogens with zero attached hydrogens (tertiary/aromatic N) is 2. The van der Waals surface area contributed by atoms with Gasteiger partial charge in [-0.2, -0.15) is 4.31 Å². The van der Waals surface area contributed by atoms with Crippen molar-refractivity contribution in [2.75, 3.05) is 4.90 Å². The molecule has 4 aromatic rings. The number of carbonyl (C=O) groups excluding carboxylic acids is 3. The molecule has 0 N–H and O–H groups in total. The van der Waals surface area contributed by atoms with Crippen LogP contribution in [0.3, 0.4) is 0 Å². The fraction of sp³-hybridized carbons (Fsp3) is 0.148. The molecule has 0 saturated carbocycles. The number of imide groups is 1. The summed E-state index contributed by atoms with van der Waals surface area (Å²) in [5.41, 5.74) is 0.271. The number of sulfonamides is 1. The Hall–Kier alpha value is -3.86. The molecule has 0 bridgehead atoms. The summed E-state index contributed by atoms with van der Waals surface area (Å²) in [4.78, 5) is 39.5. The maximum absolute atomic E-state index is 13.9. The van der Waals surface area contributed by atoms with Crippen molar-refractivity contribution in [3.63, 3.8) is 0 Å². The molecule has 0 radical (unpaired) electrons. The molecule has 10 heteroatoms. The minimum atomic E-state index is -4.15. The summed E-state index contributed by atoms with van der Waals surface area (Å²) < 4.78 is 34.0. The van der Waals surface area contributed by atoms with Crippen LogP contribution >= 0.6 is 11.3 Å². The monoisotopic (exact) mass is 534 g/mol. The lowest BCUT2D eigenvalue weighted by Gasteiger charge is -2.26. The van der Waals surface area contributed by atoms with Gasteiger partial charge in [0.15, 0.2) is 0 Å². The number of hydrogen-bond acceptors (Lipinski definition) is 7. The van der Waals surface area contributed by atoms with Crippen molar-refractivity contribution in [1.29, 1.82) is 0 Å². The van der Waals surface area contributed by atoms with Crippen LogP contribution in [0.15, 0.2) is 89.1 Å². The van der Waals surface area contributed by atoms with Crippen molar-refractivity contribution in [2.24, 2.45) is 0 Å². The third-order valence-electron chi connectivity index (χ3n) is 6.05. The first-order chi connectivity index (χ1) is 17.7. The van der Waals surface area contributed by atoms with Crippen LogP contribution in [0.2, 0.25) is 0 Å². The first-order valence-corrected chi connectivity index (χ1v) is 13.7. The van der Waals surface area contributed by atoms with Crippen molar-refractivity contribution in [1.82, 2.24) is 4.31 Å². The largest absolute Gasteiger partial charge is 0.427 e. The molecular formula is C27H22N2O6S2. The molecule has 0 aliphatic carbocycles. The smallest absolute Gasteiger partial charge is 0.308 e. The van der Waals surface area contributed by atoms with Gasteiger partial charge in [-0.3, -0.25) is 14.4 Å². The Morgan fingerprint density at radius 3 is 2.41 bits per heavy atom. The molecule has 1 aromatic heterocycles. The zero-order valence-electron chi connectivity index (χ0n) is 19.7. The lowest BCUT2D eigenvalue weighted by atomic mass is 10.1. The Labute approximate surface area is 217 Å². The molecule has 2 heterocycles. The van der Waals surface area contributed by atoms with Gasteiger partial charge in [-0.1, -0.05) is 36.4 Å². The number of hydrogen-bond donors (Lipinski definition) is 0. The van der Waals surface area contributed by atoms with Crippen molar-refractivity contribution < 1.29 is 27.5 Å². The molecule has 188 valence electrons. The molecule has 0 spiro atoms. The number of thiophene rings is 1. The summed E-state index contributed by atoms with van der Waals surface area (Å²) in [5.74, 6) is -1.37. The molecule has 1 fully saturated rings. The van der Waals surface area contributed by atoms with Crippen molar-refractivity contribution in [3.8, 4) is 5.75 Å². The van der Waals surface area contributed by atoms with Crippen LogP contribution in [0.25, 0.3) is 10.8 Å². The summed E-state index contributed by atoms with van der Waals surface area (Å²) in [7, 11) is -4.15. The molecule has 3 aromatic carbocycles. The molecule has 1 unspecified atom stereocenters. The first kappa shape index (κ1) is 24.8. The van der Waals surface area contributed by atoms with Gasteiger partial charge in [0.1, 0.15) is 11.8 Å². The number of benzene rings is 3. The number of amides is 2. The van der Waals surface area contributed by atoms with E-state index in [0.29, 0.717) is 0 Å². The highest BCUT2D eigenvalue weighted by molar-refractivity contribution is 7.89. The maximum Gasteiger partial charge on any atom is 0.308 e. The van der Waals surface area contributed by atoms with Crippen LogP contribution in [0.1, 0.15) is 18.2 Å². The van der Waals surface area contributed by atoms with Gasteiger partial charge in [0.05, 0.1) is 17.0 Å². The second kappa shape index (κ2) is 9.89. The SMILES string of the molecule is CC(=O)Oc1ccc(N2C(=O)CC(N(Cc3cccs3)S(=O)(=O)c3ccc4ccccc4c3)C2=O)cc1. The van der Waals surface area contributed by atoms with Gasteiger partial charge in [0, 0.05) is 18.3 Å². The highest BCUT2D eigenvalue weighted by atomic mass is 32.2. The molecular weight excluding hydrogens is 512 g/mol. The third-order valence-corrected chi connectivity index (χ3v) is 8.76. The van der Waals surface area contributed by atoms with Gasteiger partial charge in [-0.15, -0.1) is 11.3 Å². The molecule has 1 aliphatic heterocycles. The predicted octanol–water partition coefficient (Wildman–Crippen LogP) is 4.35. The fourth-order valence-electron chi connectivity index (χ4n) is 4.32. The second-order valence-electron chi connectivity index (χ2n) is 8.51.